The number of rotatable bonds is 7. The average Bonchev–Trinajstić information content (AvgIpc) is 2.43. The Hall–Kier alpha value is -0.860. The maximum Gasteiger partial charge on any atom is 0.0475 e. The second-order valence-electron chi connectivity index (χ2n) is 5.63. The summed E-state index contributed by atoms with van der Waals surface area (Å²) in [6.45, 7) is 12.2. The topological polar surface area (TPSA) is 15.3 Å². The fourth-order valence-corrected chi connectivity index (χ4v) is 2.45. The van der Waals surface area contributed by atoms with Crippen molar-refractivity contribution < 1.29 is 0 Å². The van der Waals surface area contributed by atoms with E-state index in [-0.39, 0.29) is 0 Å². The van der Waals surface area contributed by atoms with Gasteiger partial charge in [0.2, 0.25) is 0 Å². The normalized spacial score (nSPS) is 14.9. The van der Waals surface area contributed by atoms with Crippen molar-refractivity contribution in [3.63, 3.8) is 0 Å². The third kappa shape index (κ3) is 4.32. The molecule has 108 valence electrons. The van der Waals surface area contributed by atoms with E-state index in [1.807, 2.05) is 0 Å². The summed E-state index contributed by atoms with van der Waals surface area (Å²) in [4.78, 5) is 2.43. The summed E-state index contributed by atoms with van der Waals surface area (Å²) in [5, 5.41) is 3.63. The number of likely N-dealkylation sites (N-methyl/N-ethyl adjacent to an activating group) is 2. The van der Waals surface area contributed by atoms with Gasteiger partial charge in [0.05, 0.1) is 0 Å². The van der Waals surface area contributed by atoms with E-state index in [1.165, 1.54) is 11.1 Å². The Balaban J connectivity index is 2.91. The first-order valence-electron chi connectivity index (χ1n) is 7.55. The molecule has 0 heterocycles. The second kappa shape index (κ2) is 7.66. The van der Waals surface area contributed by atoms with Crippen LogP contribution in [0.2, 0.25) is 0 Å². The fraction of sp³-hybridized carbons (Fsp3) is 0.647. The van der Waals surface area contributed by atoms with Crippen molar-refractivity contribution in [2.45, 2.75) is 59.2 Å². The molecule has 0 aliphatic heterocycles. The van der Waals surface area contributed by atoms with Crippen LogP contribution in [0.3, 0.4) is 0 Å². The Morgan fingerprint density at radius 3 is 2.05 bits per heavy atom. The predicted molar refractivity (Wildman–Crippen MR) is 84.6 cm³/mol. The zero-order chi connectivity index (χ0) is 14.4. The maximum atomic E-state index is 3.63. The van der Waals surface area contributed by atoms with Gasteiger partial charge in [-0.2, -0.15) is 0 Å². The molecule has 2 atom stereocenters. The van der Waals surface area contributed by atoms with Gasteiger partial charge in [-0.3, -0.25) is 4.90 Å². The van der Waals surface area contributed by atoms with E-state index >= 15 is 0 Å². The Labute approximate surface area is 119 Å². The van der Waals surface area contributed by atoms with Crippen LogP contribution in [-0.2, 0) is 6.42 Å². The third-order valence-electron chi connectivity index (χ3n) is 4.11. The highest BCUT2D eigenvalue weighted by atomic mass is 15.2. The SMILES string of the molecule is CCNC(c1ccc(CC)cc1)C(C)N(C)C(C)C. The van der Waals surface area contributed by atoms with Gasteiger partial charge < -0.3 is 5.32 Å². The highest BCUT2D eigenvalue weighted by Gasteiger charge is 2.23. The molecule has 0 saturated carbocycles. The molecule has 0 bridgehead atoms. The highest BCUT2D eigenvalue weighted by molar-refractivity contribution is 5.26. The van der Waals surface area contributed by atoms with E-state index in [9.17, 15) is 0 Å². The van der Waals surface area contributed by atoms with Gasteiger partial charge in [-0.05, 0) is 51.9 Å². The maximum absolute atomic E-state index is 3.63. The van der Waals surface area contributed by atoms with Crippen LogP contribution < -0.4 is 5.32 Å². The van der Waals surface area contributed by atoms with Crippen LogP contribution in [-0.4, -0.2) is 30.6 Å². The molecule has 0 aliphatic rings. The summed E-state index contributed by atoms with van der Waals surface area (Å²) in [6.07, 6.45) is 1.10. The summed E-state index contributed by atoms with van der Waals surface area (Å²) >= 11 is 0. The van der Waals surface area contributed by atoms with E-state index in [1.54, 1.807) is 0 Å². The van der Waals surface area contributed by atoms with E-state index in [2.05, 4.69) is 76.1 Å². The fourth-order valence-electron chi connectivity index (χ4n) is 2.45. The smallest absolute Gasteiger partial charge is 0.0475 e. The van der Waals surface area contributed by atoms with E-state index in [0.29, 0.717) is 18.1 Å². The molecular formula is C17H30N2. The molecule has 1 aromatic carbocycles. The molecule has 2 heteroatoms. The lowest BCUT2D eigenvalue weighted by Gasteiger charge is -2.35. The van der Waals surface area contributed by atoms with Crippen LogP contribution >= 0.6 is 0 Å². The van der Waals surface area contributed by atoms with Crippen molar-refractivity contribution in [2.75, 3.05) is 13.6 Å². The second-order valence-corrected chi connectivity index (χ2v) is 5.63. The number of nitrogens with zero attached hydrogens (tertiary/aromatic N) is 1. The highest BCUT2D eigenvalue weighted by Crippen LogP contribution is 2.22. The first-order valence-corrected chi connectivity index (χ1v) is 7.55. The lowest BCUT2D eigenvalue weighted by molar-refractivity contribution is 0.169. The van der Waals surface area contributed by atoms with Crippen molar-refractivity contribution in [3.8, 4) is 0 Å². The standard InChI is InChI=1S/C17H30N2/c1-7-15-9-11-16(12-10-15)17(18-8-2)14(5)19(6)13(3)4/h9-14,17-18H,7-8H2,1-6H3. The zero-order valence-corrected chi connectivity index (χ0v) is 13.4. The van der Waals surface area contributed by atoms with Gasteiger partial charge in [-0.25, -0.2) is 0 Å². The lowest BCUT2D eigenvalue weighted by atomic mass is 9.97. The van der Waals surface area contributed by atoms with E-state index < -0.39 is 0 Å². The molecule has 0 aromatic heterocycles. The lowest BCUT2D eigenvalue weighted by Crippen LogP contribution is -2.44. The monoisotopic (exact) mass is 262 g/mol. The van der Waals surface area contributed by atoms with Gasteiger partial charge in [0, 0.05) is 18.1 Å². The van der Waals surface area contributed by atoms with Crippen molar-refractivity contribution >= 4 is 0 Å². The molecule has 1 rings (SSSR count). The first-order chi connectivity index (χ1) is 9.01. The number of benzene rings is 1. The zero-order valence-electron chi connectivity index (χ0n) is 13.4. The van der Waals surface area contributed by atoms with Crippen LogP contribution in [0.15, 0.2) is 24.3 Å². The van der Waals surface area contributed by atoms with Crippen molar-refractivity contribution in [1.29, 1.82) is 0 Å². The van der Waals surface area contributed by atoms with E-state index in [0.717, 1.165) is 13.0 Å². The Bertz CT molecular complexity index is 356. The molecular weight excluding hydrogens is 232 g/mol. The minimum absolute atomic E-state index is 0.392. The number of aryl methyl sites for hydroxylation is 1. The van der Waals surface area contributed by atoms with Crippen molar-refractivity contribution in [1.82, 2.24) is 10.2 Å². The molecule has 2 nitrogen and oxygen atoms in total. The predicted octanol–water partition coefficient (Wildman–Crippen LogP) is 3.63. The number of hydrogen-bond donors (Lipinski definition) is 1. The largest absolute Gasteiger partial charge is 0.309 e. The summed E-state index contributed by atoms with van der Waals surface area (Å²) in [7, 11) is 2.21. The van der Waals surface area contributed by atoms with Gasteiger partial charge >= 0.3 is 0 Å². The molecule has 1 aromatic rings. The summed E-state index contributed by atoms with van der Waals surface area (Å²) < 4.78 is 0. The number of hydrogen-bond acceptors (Lipinski definition) is 2. The van der Waals surface area contributed by atoms with Crippen LogP contribution in [0, 0.1) is 0 Å². The summed E-state index contributed by atoms with van der Waals surface area (Å²) in [5.74, 6) is 0. The molecule has 0 saturated heterocycles. The Morgan fingerprint density at radius 1 is 1.05 bits per heavy atom. The minimum Gasteiger partial charge on any atom is -0.309 e. The Kier molecular flexibility index (Phi) is 6.53. The summed E-state index contributed by atoms with van der Waals surface area (Å²) in [6, 6.07) is 10.5. The van der Waals surface area contributed by atoms with E-state index in [4.69, 9.17) is 0 Å². The molecule has 0 radical (unpaired) electrons. The molecule has 0 spiro atoms. The molecule has 2 unspecified atom stereocenters. The molecule has 0 amide bonds. The van der Waals surface area contributed by atoms with Gasteiger partial charge in [0.15, 0.2) is 0 Å². The van der Waals surface area contributed by atoms with Gasteiger partial charge in [-0.1, -0.05) is 38.1 Å². The van der Waals surface area contributed by atoms with Crippen molar-refractivity contribution in [3.05, 3.63) is 35.4 Å². The quantitative estimate of drug-likeness (QED) is 0.807. The van der Waals surface area contributed by atoms with Crippen molar-refractivity contribution in [2.24, 2.45) is 0 Å². The third-order valence-corrected chi connectivity index (χ3v) is 4.11. The molecule has 0 aliphatic carbocycles. The van der Waals surface area contributed by atoms with Crippen LogP contribution in [0.5, 0.6) is 0 Å². The van der Waals surface area contributed by atoms with Crippen LogP contribution in [0.25, 0.3) is 0 Å². The van der Waals surface area contributed by atoms with Crippen LogP contribution in [0.4, 0.5) is 0 Å². The average molecular weight is 262 g/mol. The minimum atomic E-state index is 0.392. The van der Waals surface area contributed by atoms with Gasteiger partial charge in [0.1, 0.15) is 0 Å². The molecule has 19 heavy (non-hydrogen) atoms. The first kappa shape index (κ1) is 16.2. The number of nitrogens with one attached hydrogen (secondary N) is 1. The van der Waals surface area contributed by atoms with Gasteiger partial charge in [-0.15, -0.1) is 0 Å². The Morgan fingerprint density at radius 2 is 1.63 bits per heavy atom. The van der Waals surface area contributed by atoms with Crippen LogP contribution in [0.1, 0.15) is 51.8 Å². The summed E-state index contributed by atoms with van der Waals surface area (Å²) in [5.41, 5.74) is 2.79. The molecule has 0 fully saturated rings. The van der Waals surface area contributed by atoms with Gasteiger partial charge in [0.25, 0.3) is 0 Å². The molecule has 1 N–H and O–H groups in total.